The summed E-state index contributed by atoms with van der Waals surface area (Å²) in [4.78, 5) is 0. The molecule has 0 aliphatic heterocycles. The third-order valence-corrected chi connectivity index (χ3v) is 2.56. The Morgan fingerprint density at radius 1 is 0.938 bits per heavy atom. The molecule has 2 rings (SSSR count). The first kappa shape index (κ1) is 10.7. The molecular weight excluding hydrogens is 196 g/mol. The van der Waals surface area contributed by atoms with Crippen molar-refractivity contribution in [2.45, 2.75) is 6.10 Å². The van der Waals surface area contributed by atoms with Crippen LogP contribution in [0, 0.1) is 0 Å². The van der Waals surface area contributed by atoms with Crippen molar-refractivity contribution in [1.29, 1.82) is 0 Å². The molecule has 1 heteroatoms. The molecule has 0 aromatic heterocycles. The standard InChI is InChI=1S/C15H14O/c1-2-15(16)14-10-6-9-13(11-14)12-7-4-3-5-8-12/h2-11,15-16H,1H2. The summed E-state index contributed by atoms with van der Waals surface area (Å²) >= 11 is 0. The van der Waals surface area contributed by atoms with Gasteiger partial charge in [-0.3, -0.25) is 0 Å². The van der Waals surface area contributed by atoms with Crippen LogP contribution in [0.15, 0.2) is 67.3 Å². The van der Waals surface area contributed by atoms with Crippen molar-refractivity contribution in [2.24, 2.45) is 0 Å². The van der Waals surface area contributed by atoms with E-state index in [0.717, 1.165) is 16.7 Å². The Labute approximate surface area is 95.7 Å². The topological polar surface area (TPSA) is 20.2 Å². The highest BCUT2D eigenvalue weighted by Crippen LogP contribution is 2.23. The lowest BCUT2D eigenvalue weighted by molar-refractivity contribution is 0.229. The van der Waals surface area contributed by atoms with Crippen LogP contribution in [0.2, 0.25) is 0 Å². The Hall–Kier alpha value is -1.86. The van der Waals surface area contributed by atoms with E-state index in [0.29, 0.717) is 0 Å². The van der Waals surface area contributed by atoms with Crippen LogP contribution in [-0.2, 0) is 0 Å². The maximum atomic E-state index is 9.68. The Bertz CT molecular complexity index is 474. The lowest BCUT2D eigenvalue weighted by atomic mass is 10.0. The van der Waals surface area contributed by atoms with Crippen molar-refractivity contribution >= 4 is 0 Å². The van der Waals surface area contributed by atoms with Gasteiger partial charge >= 0.3 is 0 Å². The second-order valence-corrected chi connectivity index (χ2v) is 3.67. The lowest BCUT2D eigenvalue weighted by Gasteiger charge is -2.08. The summed E-state index contributed by atoms with van der Waals surface area (Å²) in [6.45, 7) is 3.59. The summed E-state index contributed by atoms with van der Waals surface area (Å²) in [7, 11) is 0. The molecule has 0 aliphatic rings. The van der Waals surface area contributed by atoms with E-state index < -0.39 is 6.10 Å². The van der Waals surface area contributed by atoms with Gasteiger partial charge in [-0.15, -0.1) is 6.58 Å². The van der Waals surface area contributed by atoms with Crippen molar-refractivity contribution in [2.75, 3.05) is 0 Å². The molecule has 16 heavy (non-hydrogen) atoms. The first-order valence-electron chi connectivity index (χ1n) is 5.27. The normalized spacial score (nSPS) is 12.1. The quantitative estimate of drug-likeness (QED) is 0.768. The van der Waals surface area contributed by atoms with Gasteiger partial charge in [0, 0.05) is 0 Å². The summed E-state index contributed by atoms with van der Waals surface area (Å²) < 4.78 is 0. The monoisotopic (exact) mass is 210 g/mol. The van der Waals surface area contributed by atoms with Gasteiger partial charge in [0.25, 0.3) is 0 Å². The van der Waals surface area contributed by atoms with E-state index in [1.165, 1.54) is 6.08 Å². The van der Waals surface area contributed by atoms with Gasteiger partial charge in [0.15, 0.2) is 0 Å². The molecule has 1 atom stereocenters. The minimum Gasteiger partial charge on any atom is -0.384 e. The molecule has 1 nitrogen and oxygen atoms in total. The maximum Gasteiger partial charge on any atom is 0.0969 e. The summed E-state index contributed by atoms with van der Waals surface area (Å²) in [5, 5.41) is 9.68. The number of rotatable bonds is 3. The molecule has 0 bridgehead atoms. The molecule has 1 N–H and O–H groups in total. The van der Waals surface area contributed by atoms with Gasteiger partial charge in [0.2, 0.25) is 0 Å². The fraction of sp³-hybridized carbons (Fsp3) is 0.0667. The molecule has 2 aromatic carbocycles. The molecule has 0 spiro atoms. The SMILES string of the molecule is C=CC(O)c1cccc(-c2ccccc2)c1. The summed E-state index contributed by atoms with van der Waals surface area (Å²) in [5.74, 6) is 0. The van der Waals surface area contributed by atoms with Crippen LogP contribution in [0.3, 0.4) is 0 Å². The first-order chi connectivity index (χ1) is 7.81. The van der Waals surface area contributed by atoms with Crippen molar-refractivity contribution in [1.82, 2.24) is 0 Å². The minimum atomic E-state index is -0.594. The Balaban J connectivity index is 2.40. The molecular formula is C15H14O. The molecule has 0 fully saturated rings. The van der Waals surface area contributed by atoms with Gasteiger partial charge in [-0.1, -0.05) is 54.6 Å². The lowest BCUT2D eigenvalue weighted by Crippen LogP contribution is -1.92. The average molecular weight is 210 g/mol. The van der Waals surface area contributed by atoms with Gasteiger partial charge in [-0.2, -0.15) is 0 Å². The molecule has 0 amide bonds. The molecule has 0 heterocycles. The van der Waals surface area contributed by atoms with E-state index in [9.17, 15) is 5.11 Å². The zero-order valence-corrected chi connectivity index (χ0v) is 9.01. The third-order valence-electron chi connectivity index (χ3n) is 2.56. The third kappa shape index (κ3) is 2.20. The van der Waals surface area contributed by atoms with E-state index in [1.807, 2.05) is 42.5 Å². The largest absolute Gasteiger partial charge is 0.384 e. The zero-order valence-electron chi connectivity index (χ0n) is 9.01. The number of benzene rings is 2. The smallest absolute Gasteiger partial charge is 0.0969 e. The molecule has 80 valence electrons. The van der Waals surface area contributed by atoms with Crippen LogP contribution in [0.1, 0.15) is 11.7 Å². The van der Waals surface area contributed by atoms with Gasteiger partial charge in [0.05, 0.1) is 6.10 Å². The van der Waals surface area contributed by atoms with Crippen molar-refractivity contribution in [3.8, 4) is 11.1 Å². The van der Waals surface area contributed by atoms with Crippen molar-refractivity contribution in [3.63, 3.8) is 0 Å². The van der Waals surface area contributed by atoms with E-state index in [2.05, 4.69) is 18.7 Å². The van der Waals surface area contributed by atoms with Crippen LogP contribution in [0.5, 0.6) is 0 Å². The number of hydrogen-bond donors (Lipinski definition) is 1. The number of aliphatic hydroxyl groups excluding tert-OH is 1. The molecule has 0 aliphatic carbocycles. The van der Waals surface area contributed by atoms with E-state index in [-0.39, 0.29) is 0 Å². The predicted molar refractivity (Wildman–Crippen MR) is 67.0 cm³/mol. The van der Waals surface area contributed by atoms with Crippen LogP contribution in [0.4, 0.5) is 0 Å². The van der Waals surface area contributed by atoms with Crippen LogP contribution in [-0.4, -0.2) is 5.11 Å². The molecule has 1 unspecified atom stereocenters. The van der Waals surface area contributed by atoms with Crippen LogP contribution >= 0.6 is 0 Å². The molecule has 2 aromatic rings. The minimum absolute atomic E-state index is 0.594. The van der Waals surface area contributed by atoms with Gasteiger partial charge in [0.1, 0.15) is 0 Å². The Morgan fingerprint density at radius 2 is 1.62 bits per heavy atom. The van der Waals surface area contributed by atoms with Gasteiger partial charge < -0.3 is 5.11 Å². The Morgan fingerprint density at radius 3 is 2.31 bits per heavy atom. The maximum absolute atomic E-state index is 9.68. The van der Waals surface area contributed by atoms with E-state index in [1.54, 1.807) is 0 Å². The summed E-state index contributed by atoms with van der Waals surface area (Å²) in [6.07, 6.45) is 0.938. The summed E-state index contributed by atoms with van der Waals surface area (Å²) in [6, 6.07) is 18.0. The highest BCUT2D eigenvalue weighted by Gasteiger charge is 2.03. The fourth-order valence-corrected chi connectivity index (χ4v) is 1.67. The molecule has 0 saturated heterocycles. The number of hydrogen-bond acceptors (Lipinski definition) is 1. The average Bonchev–Trinajstić information content (AvgIpc) is 2.39. The van der Waals surface area contributed by atoms with Crippen molar-refractivity contribution in [3.05, 3.63) is 72.8 Å². The Kier molecular flexibility index (Phi) is 3.18. The van der Waals surface area contributed by atoms with Crippen molar-refractivity contribution < 1.29 is 5.11 Å². The predicted octanol–water partition coefficient (Wildman–Crippen LogP) is 3.57. The molecule has 0 saturated carbocycles. The van der Waals surface area contributed by atoms with Crippen LogP contribution < -0.4 is 0 Å². The second kappa shape index (κ2) is 4.77. The van der Waals surface area contributed by atoms with Crippen LogP contribution in [0.25, 0.3) is 11.1 Å². The highest BCUT2D eigenvalue weighted by atomic mass is 16.3. The van der Waals surface area contributed by atoms with Gasteiger partial charge in [-0.25, -0.2) is 0 Å². The number of aliphatic hydroxyl groups is 1. The van der Waals surface area contributed by atoms with Gasteiger partial charge in [-0.05, 0) is 22.8 Å². The highest BCUT2D eigenvalue weighted by molar-refractivity contribution is 5.64. The fourth-order valence-electron chi connectivity index (χ4n) is 1.67. The second-order valence-electron chi connectivity index (χ2n) is 3.67. The van der Waals surface area contributed by atoms with E-state index >= 15 is 0 Å². The van der Waals surface area contributed by atoms with E-state index in [4.69, 9.17) is 0 Å². The zero-order chi connectivity index (χ0) is 11.4. The first-order valence-corrected chi connectivity index (χ1v) is 5.27. The molecule has 0 radical (unpaired) electrons. The summed E-state index contributed by atoms with van der Waals surface area (Å²) in [5.41, 5.74) is 3.14.